The molecule has 3 heteroatoms. The second-order valence-corrected chi connectivity index (χ2v) is 3.33. The fourth-order valence-corrected chi connectivity index (χ4v) is 1.57. The SMILES string of the molecule is CCC[NH+](CC)c1cc(F)ccc1F. The number of halogens is 2. The summed E-state index contributed by atoms with van der Waals surface area (Å²) in [6.45, 7) is 5.60. The Balaban J connectivity index is 2.96. The molecule has 0 fully saturated rings. The Kier molecular flexibility index (Phi) is 4.01. The number of quaternary nitrogens is 1. The molecule has 0 saturated carbocycles. The zero-order valence-electron chi connectivity index (χ0n) is 8.61. The third-order valence-electron chi connectivity index (χ3n) is 2.29. The number of rotatable bonds is 4. The van der Waals surface area contributed by atoms with Gasteiger partial charge in [0.05, 0.1) is 13.1 Å². The van der Waals surface area contributed by atoms with Gasteiger partial charge in [0.2, 0.25) is 0 Å². The van der Waals surface area contributed by atoms with Gasteiger partial charge in [0, 0.05) is 6.07 Å². The van der Waals surface area contributed by atoms with Gasteiger partial charge in [-0.05, 0) is 25.5 Å². The Morgan fingerprint density at radius 1 is 1.21 bits per heavy atom. The topological polar surface area (TPSA) is 4.44 Å². The molecule has 0 aliphatic heterocycles. The van der Waals surface area contributed by atoms with E-state index in [0.717, 1.165) is 30.5 Å². The van der Waals surface area contributed by atoms with Crippen LogP contribution in [-0.2, 0) is 0 Å². The first-order valence-corrected chi connectivity index (χ1v) is 4.99. The summed E-state index contributed by atoms with van der Waals surface area (Å²) in [5.74, 6) is -0.694. The van der Waals surface area contributed by atoms with E-state index < -0.39 is 0 Å². The van der Waals surface area contributed by atoms with E-state index in [0.29, 0.717) is 5.69 Å². The summed E-state index contributed by atoms with van der Waals surface area (Å²) in [6, 6.07) is 3.62. The van der Waals surface area contributed by atoms with Crippen LogP contribution in [0, 0.1) is 11.6 Å². The summed E-state index contributed by atoms with van der Waals surface area (Å²) >= 11 is 0. The zero-order chi connectivity index (χ0) is 10.6. The smallest absolute Gasteiger partial charge is 0.183 e. The number of hydrogen-bond donors (Lipinski definition) is 1. The van der Waals surface area contributed by atoms with Crippen molar-refractivity contribution in [2.75, 3.05) is 13.1 Å². The van der Waals surface area contributed by atoms with Gasteiger partial charge < -0.3 is 4.90 Å². The highest BCUT2D eigenvalue weighted by Crippen LogP contribution is 2.10. The molecule has 1 atom stereocenters. The standard InChI is InChI=1S/C11H15F2N/c1-3-7-14(4-2)11-8-9(12)5-6-10(11)13/h5-6,8H,3-4,7H2,1-2H3/p+1. The van der Waals surface area contributed by atoms with Crippen LogP contribution in [0.4, 0.5) is 14.5 Å². The largest absolute Gasteiger partial charge is 0.300 e. The van der Waals surface area contributed by atoms with E-state index in [-0.39, 0.29) is 11.6 Å². The van der Waals surface area contributed by atoms with Crippen molar-refractivity contribution in [3.8, 4) is 0 Å². The van der Waals surface area contributed by atoms with Gasteiger partial charge in [-0.2, -0.15) is 0 Å². The lowest BCUT2D eigenvalue weighted by molar-refractivity contribution is -0.831. The lowest BCUT2D eigenvalue weighted by Gasteiger charge is -2.16. The van der Waals surface area contributed by atoms with Crippen molar-refractivity contribution in [3.63, 3.8) is 0 Å². The molecule has 0 amide bonds. The maximum Gasteiger partial charge on any atom is 0.183 e. The van der Waals surface area contributed by atoms with Crippen molar-refractivity contribution in [3.05, 3.63) is 29.8 Å². The summed E-state index contributed by atoms with van der Waals surface area (Å²) in [5.41, 5.74) is 0.439. The molecule has 78 valence electrons. The monoisotopic (exact) mass is 200 g/mol. The minimum atomic E-state index is -0.372. The molecule has 0 spiro atoms. The van der Waals surface area contributed by atoms with Gasteiger partial charge in [-0.15, -0.1) is 0 Å². The van der Waals surface area contributed by atoms with Gasteiger partial charge in [0.25, 0.3) is 0 Å². The molecule has 1 N–H and O–H groups in total. The van der Waals surface area contributed by atoms with E-state index in [1.807, 2.05) is 13.8 Å². The summed E-state index contributed by atoms with van der Waals surface area (Å²) in [7, 11) is 0. The van der Waals surface area contributed by atoms with Crippen LogP contribution in [0.5, 0.6) is 0 Å². The second kappa shape index (κ2) is 5.05. The van der Waals surface area contributed by atoms with E-state index in [4.69, 9.17) is 0 Å². The van der Waals surface area contributed by atoms with Crippen LogP contribution in [0.1, 0.15) is 20.3 Å². The van der Waals surface area contributed by atoms with Crippen molar-refractivity contribution < 1.29 is 13.7 Å². The van der Waals surface area contributed by atoms with Crippen LogP contribution in [0.2, 0.25) is 0 Å². The van der Waals surface area contributed by atoms with Gasteiger partial charge in [-0.25, -0.2) is 8.78 Å². The molecule has 14 heavy (non-hydrogen) atoms. The lowest BCUT2D eigenvalue weighted by Crippen LogP contribution is -3.07. The molecule has 1 aromatic rings. The van der Waals surface area contributed by atoms with E-state index in [9.17, 15) is 8.78 Å². The summed E-state index contributed by atoms with van der Waals surface area (Å²) in [5, 5.41) is 0. The molecule has 1 nitrogen and oxygen atoms in total. The number of nitrogens with one attached hydrogen (secondary N) is 1. The molecule has 1 unspecified atom stereocenters. The zero-order valence-corrected chi connectivity index (χ0v) is 8.61. The highest BCUT2D eigenvalue weighted by atomic mass is 19.1. The van der Waals surface area contributed by atoms with Crippen LogP contribution in [0.3, 0.4) is 0 Å². The Morgan fingerprint density at radius 3 is 2.50 bits per heavy atom. The van der Waals surface area contributed by atoms with E-state index in [1.54, 1.807) is 0 Å². The van der Waals surface area contributed by atoms with Gasteiger partial charge >= 0.3 is 0 Å². The average molecular weight is 200 g/mol. The Labute approximate surface area is 83.3 Å². The molecular formula is C11H16F2N+. The lowest BCUT2D eigenvalue weighted by atomic mass is 10.2. The van der Waals surface area contributed by atoms with Gasteiger partial charge in [0.15, 0.2) is 11.5 Å². The summed E-state index contributed by atoms with van der Waals surface area (Å²) in [6.07, 6.45) is 0.957. The third kappa shape index (κ3) is 2.51. The highest BCUT2D eigenvalue weighted by molar-refractivity contribution is 5.31. The molecule has 0 saturated heterocycles. The van der Waals surface area contributed by atoms with Crippen LogP contribution < -0.4 is 4.90 Å². The molecule has 0 aliphatic carbocycles. The first-order chi connectivity index (χ1) is 6.69. The first-order valence-electron chi connectivity index (χ1n) is 4.99. The molecule has 0 radical (unpaired) electrons. The fourth-order valence-electron chi connectivity index (χ4n) is 1.57. The molecule has 0 aromatic heterocycles. The van der Waals surface area contributed by atoms with E-state index >= 15 is 0 Å². The fraction of sp³-hybridized carbons (Fsp3) is 0.455. The quantitative estimate of drug-likeness (QED) is 0.757. The number of hydrogen-bond acceptors (Lipinski definition) is 0. The van der Waals surface area contributed by atoms with Crippen molar-refractivity contribution in [1.29, 1.82) is 0 Å². The van der Waals surface area contributed by atoms with E-state index in [1.165, 1.54) is 12.1 Å². The molecular weight excluding hydrogens is 184 g/mol. The molecule has 0 bridgehead atoms. The number of benzene rings is 1. The summed E-state index contributed by atoms with van der Waals surface area (Å²) in [4.78, 5) is 0.990. The van der Waals surface area contributed by atoms with Crippen LogP contribution in [0.25, 0.3) is 0 Å². The van der Waals surface area contributed by atoms with Gasteiger partial charge in [0.1, 0.15) is 5.82 Å². The second-order valence-electron chi connectivity index (χ2n) is 3.33. The minimum Gasteiger partial charge on any atom is -0.300 e. The van der Waals surface area contributed by atoms with Gasteiger partial charge in [-0.3, -0.25) is 0 Å². The first kappa shape index (κ1) is 11.1. The maximum atomic E-state index is 13.3. The van der Waals surface area contributed by atoms with E-state index in [2.05, 4.69) is 0 Å². The molecule has 0 aliphatic rings. The van der Waals surface area contributed by atoms with Crippen molar-refractivity contribution in [2.45, 2.75) is 20.3 Å². The van der Waals surface area contributed by atoms with Crippen molar-refractivity contribution >= 4 is 5.69 Å². The van der Waals surface area contributed by atoms with Crippen LogP contribution in [0.15, 0.2) is 18.2 Å². The predicted octanol–water partition coefficient (Wildman–Crippen LogP) is 1.91. The normalized spacial score (nSPS) is 12.9. The van der Waals surface area contributed by atoms with Gasteiger partial charge in [-0.1, -0.05) is 6.92 Å². The molecule has 1 rings (SSSR count). The highest BCUT2D eigenvalue weighted by Gasteiger charge is 2.15. The Hall–Kier alpha value is -0.960. The minimum absolute atomic E-state index is 0.322. The van der Waals surface area contributed by atoms with Crippen LogP contribution in [-0.4, -0.2) is 13.1 Å². The average Bonchev–Trinajstić information content (AvgIpc) is 2.18. The Bertz CT molecular complexity index is 299. The Morgan fingerprint density at radius 2 is 1.93 bits per heavy atom. The van der Waals surface area contributed by atoms with Crippen LogP contribution >= 0.6 is 0 Å². The summed E-state index contributed by atoms with van der Waals surface area (Å²) < 4.78 is 26.2. The van der Waals surface area contributed by atoms with Crippen molar-refractivity contribution in [1.82, 2.24) is 0 Å². The molecule has 1 aromatic carbocycles. The predicted molar refractivity (Wildman–Crippen MR) is 52.7 cm³/mol. The third-order valence-corrected chi connectivity index (χ3v) is 2.29. The maximum absolute atomic E-state index is 13.3. The van der Waals surface area contributed by atoms with Crippen molar-refractivity contribution in [2.24, 2.45) is 0 Å². The molecule has 0 heterocycles.